The average molecular weight is 744 g/mol. The molecule has 0 spiro atoms. The van der Waals surface area contributed by atoms with Crippen molar-refractivity contribution >= 4 is 68.1 Å². The molecule has 3 heterocycles. The highest BCUT2D eigenvalue weighted by molar-refractivity contribution is 6.99. The Morgan fingerprint density at radius 3 is 1.69 bits per heavy atom. The van der Waals surface area contributed by atoms with Crippen LogP contribution in [0.15, 0.2) is 194 Å². The van der Waals surface area contributed by atoms with Gasteiger partial charge in [0, 0.05) is 50.9 Å². The molecule has 1 aromatic heterocycles. The molecular formula is C53H38BN3O. The molecule has 3 aliphatic rings. The maximum Gasteiger partial charge on any atom is 0.256 e. The number of benzene rings is 8. The molecule has 274 valence electrons. The first kappa shape index (κ1) is 33.0. The van der Waals surface area contributed by atoms with Crippen molar-refractivity contribution in [2.24, 2.45) is 0 Å². The van der Waals surface area contributed by atoms with E-state index in [2.05, 4.69) is 222 Å². The van der Waals surface area contributed by atoms with Crippen LogP contribution >= 0.6 is 0 Å². The van der Waals surface area contributed by atoms with Crippen LogP contribution in [-0.4, -0.2) is 11.3 Å². The minimum atomic E-state index is -0.281. The largest absolute Gasteiger partial charge is 0.458 e. The summed E-state index contributed by atoms with van der Waals surface area (Å²) in [4.78, 5) is 4.80. The van der Waals surface area contributed by atoms with Crippen molar-refractivity contribution in [1.82, 2.24) is 4.57 Å². The summed E-state index contributed by atoms with van der Waals surface area (Å²) in [6.07, 6.45) is 0. The van der Waals surface area contributed by atoms with Crippen molar-refractivity contribution < 1.29 is 4.74 Å². The highest BCUT2D eigenvalue weighted by Gasteiger charge is 2.47. The minimum Gasteiger partial charge on any atom is -0.458 e. The number of hydrogen-bond donors (Lipinski definition) is 0. The molecule has 12 rings (SSSR count). The zero-order valence-electron chi connectivity index (χ0n) is 32.3. The van der Waals surface area contributed by atoms with Gasteiger partial charge in [-0.05, 0) is 94.2 Å². The van der Waals surface area contributed by atoms with Gasteiger partial charge < -0.3 is 19.1 Å². The van der Waals surface area contributed by atoms with Gasteiger partial charge in [-0.1, -0.05) is 135 Å². The van der Waals surface area contributed by atoms with Crippen LogP contribution in [0.5, 0.6) is 11.5 Å². The van der Waals surface area contributed by atoms with Gasteiger partial charge >= 0.3 is 0 Å². The summed E-state index contributed by atoms with van der Waals surface area (Å²) in [6.45, 7) is 4.80. The minimum absolute atomic E-state index is 0.0229. The summed E-state index contributed by atoms with van der Waals surface area (Å²) in [5.74, 6) is 1.79. The Morgan fingerprint density at radius 1 is 0.500 bits per heavy atom. The van der Waals surface area contributed by atoms with Crippen LogP contribution in [0, 0.1) is 0 Å². The highest BCUT2D eigenvalue weighted by Crippen LogP contribution is 2.57. The van der Waals surface area contributed by atoms with Gasteiger partial charge in [0.25, 0.3) is 6.71 Å². The zero-order valence-corrected chi connectivity index (χ0v) is 32.3. The standard InChI is InChI=1S/C53H38BN3O/c1-53(2)41-28-16-15-27-40(41)51-49(53)48-44(56(37-23-11-5-12-24-37)38-25-13-6-14-26-38)32-31-43-52(48)57(51)45-33-39(34-47-50(45)54(43)42-29-17-18-30-46(42)58-47)55(35-19-7-3-8-20-35)36-21-9-4-10-22-36/h3-34H,1-2H3. The van der Waals surface area contributed by atoms with Crippen LogP contribution < -0.4 is 30.9 Å². The summed E-state index contributed by atoms with van der Waals surface area (Å²) in [5.41, 5.74) is 17.7. The third-order valence-electron chi connectivity index (χ3n) is 12.6. The topological polar surface area (TPSA) is 20.6 Å². The van der Waals surface area contributed by atoms with E-state index >= 15 is 0 Å². The smallest absolute Gasteiger partial charge is 0.256 e. The van der Waals surface area contributed by atoms with Crippen LogP contribution in [0.25, 0.3) is 27.8 Å². The van der Waals surface area contributed by atoms with Crippen molar-refractivity contribution in [3.63, 3.8) is 0 Å². The summed E-state index contributed by atoms with van der Waals surface area (Å²) < 4.78 is 9.64. The van der Waals surface area contributed by atoms with E-state index in [4.69, 9.17) is 4.74 Å². The number of hydrogen-bond acceptors (Lipinski definition) is 3. The lowest BCUT2D eigenvalue weighted by atomic mass is 9.34. The molecule has 0 amide bonds. The van der Waals surface area contributed by atoms with Crippen LogP contribution in [0.1, 0.15) is 25.0 Å². The van der Waals surface area contributed by atoms with E-state index in [1.165, 1.54) is 55.4 Å². The van der Waals surface area contributed by atoms with Gasteiger partial charge in [-0.3, -0.25) is 0 Å². The number of rotatable bonds is 6. The SMILES string of the molecule is CC1(C)c2ccccc2-c2c1c1c(N(c3ccccc3)c3ccccc3)ccc3c1n2-c1cc(N(c2ccccc2)c2ccccc2)cc2c1B3c1ccccc1O2. The third kappa shape index (κ3) is 4.59. The second-order valence-electron chi connectivity index (χ2n) is 16.1. The van der Waals surface area contributed by atoms with Crippen molar-refractivity contribution in [2.45, 2.75) is 19.3 Å². The quantitative estimate of drug-likeness (QED) is 0.158. The van der Waals surface area contributed by atoms with E-state index in [-0.39, 0.29) is 12.1 Å². The van der Waals surface area contributed by atoms with Crippen LogP contribution in [0.3, 0.4) is 0 Å². The molecule has 0 saturated heterocycles. The molecule has 5 heteroatoms. The van der Waals surface area contributed by atoms with Crippen molar-refractivity contribution in [3.8, 4) is 28.4 Å². The van der Waals surface area contributed by atoms with Gasteiger partial charge in [0.05, 0.1) is 22.6 Å². The van der Waals surface area contributed by atoms with E-state index in [0.717, 1.165) is 45.6 Å². The van der Waals surface area contributed by atoms with Gasteiger partial charge in [0.2, 0.25) is 0 Å². The van der Waals surface area contributed by atoms with Gasteiger partial charge in [0.15, 0.2) is 0 Å². The van der Waals surface area contributed by atoms with Gasteiger partial charge in [-0.2, -0.15) is 0 Å². The molecule has 0 radical (unpaired) electrons. The van der Waals surface area contributed by atoms with Crippen molar-refractivity contribution in [1.29, 1.82) is 0 Å². The normalized spacial score (nSPS) is 13.6. The Bertz CT molecular complexity index is 2990. The van der Waals surface area contributed by atoms with E-state index in [9.17, 15) is 0 Å². The number of fused-ring (bicyclic) bond motifs is 9. The lowest BCUT2D eigenvalue weighted by Gasteiger charge is -2.36. The fourth-order valence-electron chi connectivity index (χ4n) is 10.2. The number of aromatic nitrogens is 1. The first-order valence-corrected chi connectivity index (χ1v) is 20.1. The van der Waals surface area contributed by atoms with E-state index in [0.29, 0.717) is 0 Å². The molecule has 58 heavy (non-hydrogen) atoms. The molecule has 0 saturated carbocycles. The second-order valence-corrected chi connectivity index (χ2v) is 16.1. The molecule has 9 aromatic rings. The maximum atomic E-state index is 7.03. The summed E-state index contributed by atoms with van der Waals surface area (Å²) in [7, 11) is 0. The second kappa shape index (κ2) is 12.4. The molecule has 0 fully saturated rings. The van der Waals surface area contributed by atoms with E-state index in [1.54, 1.807) is 0 Å². The molecule has 0 atom stereocenters. The van der Waals surface area contributed by atoms with Crippen LogP contribution in [0.2, 0.25) is 0 Å². The summed E-state index contributed by atoms with van der Waals surface area (Å²) in [6, 6.07) is 70.1. The van der Waals surface area contributed by atoms with Gasteiger partial charge in [0.1, 0.15) is 11.5 Å². The molecule has 4 nitrogen and oxygen atoms in total. The molecule has 2 aliphatic heterocycles. The predicted octanol–water partition coefficient (Wildman–Crippen LogP) is 11.8. The fraction of sp³-hybridized carbons (Fsp3) is 0.0566. The van der Waals surface area contributed by atoms with E-state index < -0.39 is 0 Å². The number of para-hydroxylation sites is 5. The van der Waals surface area contributed by atoms with Crippen molar-refractivity contribution in [3.05, 3.63) is 205 Å². The van der Waals surface area contributed by atoms with Crippen LogP contribution in [0.4, 0.5) is 34.1 Å². The maximum absolute atomic E-state index is 7.03. The molecule has 1 aliphatic carbocycles. The molecule has 8 aromatic carbocycles. The first-order chi connectivity index (χ1) is 28.6. The fourth-order valence-corrected chi connectivity index (χ4v) is 10.2. The molecular weight excluding hydrogens is 705 g/mol. The Labute approximate surface area is 338 Å². The predicted molar refractivity (Wildman–Crippen MR) is 241 cm³/mol. The molecule has 0 bridgehead atoms. The van der Waals surface area contributed by atoms with E-state index in [1.807, 2.05) is 0 Å². The van der Waals surface area contributed by atoms with Gasteiger partial charge in [-0.25, -0.2) is 0 Å². The number of nitrogens with zero attached hydrogens (tertiary/aromatic N) is 3. The number of ether oxygens (including phenoxy) is 1. The highest BCUT2D eigenvalue weighted by atomic mass is 16.5. The molecule has 0 N–H and O–H groups in total. The van der Waals surface area contributed by atoms with Crippen LogP contribution in [-0.2, 0) is 5.41 Å². The Balaban J connectivity index is 1.25. The summed E-state index contributed by atoms with van der Waals surface area (Å²) >= 11 is 0. The lowest BCUT2D eigenvalue weighted by molar-refractivity contribution is 0.487. The van der Waals surface area contributed by atoms with Gasteiger partial charge in [-0.15, -0.1) is 0 Å². The summed E-state index contributed by atoms with van der Waals surface area (Å²) in [5, 5.41) is 1.28. The lowest BCUT2D eigenvalue weighted by Crippen LogP contribution is -2.58. The third-order valence-corrected chi connectivity index (χ3v) is 12.6. The first-order valence-electron chi connectivity index (χ1n) is 20.1. The monoisotopic (exact) mass is 743 g/mol. The number of anilines is 6. The zero-order chi connectivity index (χ0) is 38.5. The Kier molecular flexibility index (Phi) is 7.04. The molecule has 0 unspecified atom stereocenters. The Hall–Kier alpha value is -7.24. The van der Waals surface area contributed by atoms with Crippen molar-refractivity contribution in [2.75, 3.05) is 9.80 Å². The average Bonchev–Trinajstić information content (AvgIpc) is 3.76. The Morgan fingerprint density at radius 2 is 1.05 bits per heavy atom.